The van der Waals surface area contributed by atoms with Gasteiger partial charge in [0.05, 0.1) is 12.1 Å². The lowest BCUT2D eigenvalue weighted by atomic mass is 10.1. The van der Waals surface area contributed by atoms with Gasteiger partial charge in [-0.05, 0) is 41.9 Å². The van der Waals surface area contributed by atoms with E-state index < -0.39 is 0 Å². The van der Waals surface area contributed by atoms with Gasteiger partial charge in [-0.15, -0.1) is 9.24 Å². The van der Waals surface area contributed by atoms with Crippen LogP contribution in [-0.2, 0) is 16.1 Å². The number of rotatable bonds is 7. The van der Waals surface area contributed by atoms with Gasteiger partial charge in [-0.1, -0.05) is 25.0 Å². The van der Waals surface area contributed by atoms with Crippen LogP contribution in [0.3, 0.4) is 0 Å². The van der Waals surface area contributed by atoms with Gasteiger partial charge in [0.15, 0.2) is 6.29 Å². The van der Waals surface area contributed by atoms with Gasteiger partial charge in [-0.25, -0.2) is 4.98 Å². The summed E-state index contributed by atoms with van der Waals surface area (Å²) >= 11 is 0. The minimum atomic E-state index is -0.0936. The molecule has 1 unspecified atom stereocenters. The Labute approximate surface area is 201 Å². The Bertz CT molecular complexity index is 1080. The van der Waals surface area contributed by atoms with Crippen molar-refractivity contribution in [3.05, 3.63) is 53.2 Å². The normalized spacial score (nSPS) is 16.4. The van der Waals surface area contributed by atoms with E-state index in [0.717, 1.165) is 36.6 Å². The average molecular weight is 481 g/mol. The van der Waals surface area contributed by atoms with Gasteiger partial charge >= 0.3 is 0 Å². The Hall–Kier alpha value is -3.12. The maximum Gasteiger partial charge on any atom is 0.254 e. The van der Waals surface area contributed by atoms with Crippen LogP contribution in [0.4, 0.5) is 5.82 Å². The minimum Gasteiger partial charge on any atom is -0.339 e. The van der Waals surface area contributed by atoms with Gasteiger partial charge in [-0.2, -0.15) is 0 Å². The number of carbonyl (C=O) groups excluding carboxylic acids is 4. The predicted molar refractivity (Wildman–Crippen MR) is 132 cm³/mol. The van der Waals surface area contributed by atoms with Gasteiger partial charge in [0.2, 0.25) is 12.3 Å². The molecule has 0 radical (unpaired) electrons. The highest BCUT2D eigenvalue weighted by Gasteiger charge is 2.31. The van der Waals surface area contributed by atoms with Crippen molar-refractivity contribution in [2.75, 3.05) is 31.1 Å². The highest BCUT2D eigenvalue weighted by atomic mass is 31.0. The van der Waals surface area contributed by atoms with Crippen LogP contribution in [-0.4, -0.2) is 65.5 Å². The number of piperazine rings is 1. The zero-order valence-electron chi connectivity index (χ0n) is 19.1. The van der Waals surface area contributed by atoms with Gasteiger partial charge in [0.1, 0.15) is 5.82 Å². The molecule has 1 aromatic heterocycles. The molecule has 2 aromatic rings. The van der Waals surface area contributed by atoms with Crippen molar-refractivity contribution < 1.29 is 19.2 Å². The lowest BCUT2D eigenvalue weighted by Crippen LogP contribution is -2.52. The molecule has 2 heterocycles. The molecule has 2 aliphatic rings. The standard InChI is InChI=1S/C25H29N4O4P/c30-16-20-6-3-9-26-23(20)29(17-31)15-18-7-8-22(34)21(14-18)25(33)28-12-10-27(11-13-28)24(32)19-4-1-2-5-19/h3,6-9,14,16-17,19H,1-2,4-5,10-13,15,34H2. The molecule has 4 rings (SSSR count). The molecule has 3 amide bonds. The van der Waals surface area contributed by atoms with Crippen LogP contribution in [0.25, 0.3) is 0 Å². The summed E-state index contributed by atoms with van der Waals surface area (Å²) in [4.78, 5) is 58.3. The monoisotopic (exact) mass is 480 g/mol. The molecule has 1 aliphatic heterocycles. The molecule has 8 nitrogen and oxygen atoms in total. The van der Waals surface area contributed by atoms with E-state index in [4.69, 9.17) is 0 Å². The van der Waals surface area contributed by atoms with Gasteiger partial charge in [0, 0.05) is 43.9 Å². The lowest BCUT2D eigenvalue weighted by Gasteiger charge is -2.36. The van der Waals surface area contributed by atoms with Crippen molar-refractivity contribution in [2.24, 2.45) is 5.92 Å². The Morgan fingerprint density at radius 2 is 1.76 bits per heavy atom. The number of aromatic nitrogens is 1. The summed E-state index contributed by atoms with van der Waals surface area (Å²) in [5.41, 5.74) is 1.61. The van der Waals surface area contributed by atoms with Gasteiger partial charge in [-0.3, -0.25) is 24.1 Å². The molecule has 0 spiro atoms. The van der Waals surface area contributed by atoms with Crippen molar-refractivity contribution >= 4 is 44.9 Å². The van der Waals surface area contributed by atoms with Crippen molar-refractivity contribution in [3.8, 4) is 0 Å². The Morgan fingerprint density at radius 1 is 1.06 bits per heavy atom. The third-order valence-corrected chi connectivity index (χ3v) is 7.13. The second kappa shape index (κ2) is 10.9. The van der Waals surface area contributed by atoms with Crippen LogP contribution in [0.2, 0.25) is 0 Å². The first-order chi connectivity index (χ1) is 16.5. The van der Waals surface area contributed by atoms with E-state index in [-0.39, 0.29) is 30.1 Å². The Morgan fingerprint density at radius 3 is 2.44 bits per heavy atom. The molecule has 1 atom stereocenters. The molecule has 2 fully saturated rings. The van der Waals surface area contributed by atoms with Crippen LogP contribution in [0, 0.1) is 5.92 Å². The molecule has 0 N–H and O–H groups in total. The number of pyridine rings is 1. The molecular weight excluding hydrogens is 451 g/mol. The first-order valence-electron chi connectivity index (χ1n) is 11.6. The third-order valence-electron chi connectivity index (χ3n) is 6.63. The molecule has 1 aromatic carbocycles. The Balaban J connectivity index is 1.44. The highest BCUT2D eigenvalue weighted by molar-refractivity contribution is 7.27. The number of anilines is 1. The van der Waals surface area contributed by atoms with Crippen LogP contribution in [0.1, 0.15) is 52.0 Å². The second-order valence-electron chi connectivity index (χ2n) is 8.79. The molecule has 1 aliphatic carbocycles. The second-order valence-corrected chi connectivity index (χ2v) is 9.41. The van der Waals surface area contributed by atoms with Crippen LogP contribution >= 0.6 is 9.24 Å². The number of aldehydes is 1. The summed E-state index contributed by atoms with van der Waals surface area (Å²) in [5.74, 6) is 0.566. The maximum absolute atomic E-state index is 13.3. The summed E-state index contributed by atoms with van der Waals surface area (Å²) in [6.07, 6.45) is 7.03. The first-order valence-corrected chi connectivity index (χ1v) is 12.2. The van der Waals surface area contributed by atoms with Gasteiger partial charge < -0.3 is 9.80 Å². The zero-order chi connectivity index (χ0) is 24.1. The number of benzene rings is 1. The highest BCUT2D eigenvalue weighted by Crippen LogP contribution is 2.27. The Kier molecular flexibility index (Phi) is 7.68. The largest absolute Gasteiger partial charge is 0.339 e. The predicted octanol–water partition coefficient (Wildman–Crippen LogP) is 2.03. The molecule has 0 bridgehead atoms. The number of nitrogens with zero attached hydrogens (tertiary/aromatic N) is 4. The van der Waals surface area contributed by atoms with E-state index in [9.17, 15) is 19.2 Å². The number of amides is 3. The molecule has 1 saturated heterocycles. The quantitative estimate of drug-likeness (QED) is 0.447. The van der Waals surface area contributed by atoms with Crippen molar-refractivity contribution in [1.82, 2.24) is 14.8 Å². The average Bonchev–Trinajstić information content (AvgIpc) is 3.42. The summed E-state index contributed by atoms with van der Waals surface area (Å²) in [6, 6.07) is 8.69. The van der Waals surface area contributed by atoms with Crippen molar-refractivity contribution in [2.45, 2.75) is 32.2 Å². The SMILES string of the molecule is O=Cc1cccnc1N(C=O)Cc1ccc(P)c(C(=O)N2CCN(C(=O)C3CCCC3)CC2)c1. The van der Waals surface area contributed by atoms with E-state index >= 15 is 0 Å². The molecule has 9 heteroatoms. The molecule has 1 saturated carbocycles. The summed E-state index contributed by atoms with van der Waals surface area (Å²) in [7, 11) is 2.59. The van der Waals surface area contributed by atoms with Crippen LogP contribution < -0.4 is 10.2 Å². The van der Waals surface area contributed by atoms with E-state index in [1.165, 1.54) is 11.1 Å². The number of hydrogen-bond donors (Lipinski definition) is 0. The van der Waals surface area contributed by atoms with Crippen molar-refractivity contribution in [3.63, 3.8) is 0 Å². The number of hydrogen-bond acceptors (Lipinski definition) is 5. The first kappa shape index (κ1) is 24.0. The maximum atomic E-state index is 13.3. The van der Waals surface area contributed by atoms with Crippen LogP contribution in [0.15, 0.2) is 36.5 Å². The summed E-state index contributed by atoms with van der Waals surface area (Å²) in [5, 5.41) is 0.766. The smallest absolute Gasteiger partial charge is 0.254 e. The fourth-order valence-corrected chi connectivity index (χ4v) is 5.02. The zero-order valence-corrected chi connectivity index (χ0v) is 20.2. The number of carbonyl (C=O) groups is 4. The lowest BCUT2D eigenvalue weighted by molar-refractivity contribution is -0.136. The van der Waals surface area contributed by atoms with E-state index in [0.29, 0.717) is 50.0 Å². The fourth-order valence-electron chi connectivity index (χ4n) is 4.72. The fraction of sp³-hybridized carbons (Fsp3) is 0.400. The molecule has 34 heavy (non-hydrogen) atoms. The summed E-state index contributed by atoms with van der Waals surface area (Å²) in [6.45, 7) is 2.29. The van der Waals surface area contributed by atoms with E-state index in [1.54, 1.807) is 23.1 Å². The topological polar surface area (TPSA) is 90.9 Å². The van der Waals surface area contributed by atoms with E-state index in [2.05, 4.69) is 14.2 Å². The third kappa shape index (κ3) is 5.17. The molecule has 178 valence electrons. The minimum absolute atomic E-state index is 0.0936. The van der Waals surface area contributed by atoms with Crippen LogP contribution in [0.5, 0.6) is 0 Å². The summed E-state index contributed by atoms with van der Waals surface area (Å²) < 4.78 is 0. The van der Waals surface area contributed by atoms with Gasteiger partial charge in [0.25, 0.3) is 5.91 Å². The van der Waals surface area contributed by atoms with E-state index in [1.807, 2.05) is 17.0 Å². The molecular formula is C25H29N4O4P. The van der Waals surface area contributed by atoms with Crippen molar-refractivity contribution in [1.29, 1.82) is 0 Å².